The first kappa shape index (κ1) is 11.8. The predicted octanol–water partition coefficient (Wildman–Crippen LogP) is 2.99. The van der Waals surface area contributed by atoms with E-state index in [1.165, 1.54) is 29.7 Å². The summed E-state index contributed by atoms with van der Waals surface area (Å²) in [6.07, 6.45) is 4.74. The van der Waals surface area contributed by atoms with Gasteiger partial charge in [-0.05, 0) is 42.5 Å². The van der Waals surface area contributed by atoms with Crippen molar-refractivity contribution in [2.24, 2.45) is 0 Å². The molecule has 2 aliphatic rings. The van der Waals surface area contributed by atoms with Crippen LogP contribution in [0.5, 0.6) is 5.75 Å². The Morgan fingerprint density at radius 1 is 1.10 bits per heavy atom. The number of pyridine rings is 1. The molecule has 0 fully saturated rings. The molecule has 1 aliphatic carbocycles. The molecule has 3 heteroatoms. The second-order valence-corrected chi connectivity index (χ2v) is 5.59. The normalized spacial score (nSPS) is 19.3. The molecule has 1 unspecified atom stereocenters. The summed E-state index contributed by atoms with van der Waals surface area (Å²) in [5.41, 5.74) is 3.99. The first-order chi connectivity index (χ1) is 9.88. The van der Waals surface area contributed by atoms with Gasteiger partial charge >= 0.3 is 0 Å². The quantitative estimate of drug-likeness (QED) is 0.927. The van der Waals surface area contributed by atoms with E-state index >= 15 is 0 Å². The molecule has 0 saturated heterocycles. The minimum atomic E-state index is 0.211. The third kappa shape index (κ3) is 2.13. The molecule has 0 radical (unpaired) electrons. The maximum Gasteiger partial charge on any atom is 0.126 e. The summed E-state index contributed by atoms with van der Waals surface area (Å²) in [7, 11) is 0. The Labute approximate surface area is 119 Å². The Bertz CT molecular complexity index is 614. The molecule has 0 saturated carbocycles. The van der Waals surface area contributed by atoms with Crippen molar-refractivity contribution in [3.8, 4) is 5.75 Å². The van der Waals surface area contributed by atoms with Gasteiger partial charge in [0.15, 0.2) is 0 Å². The molecule has 102 valence electrons. The van der Waals surface area contributed by atoms with Crippen LogP contribution in [0.3, 0.4) is 0 Å². The van der Waals surface area contributed by atoms with E-state index in [0.29, 0.717) is 0 Å². The largest absolute Gasteiger partial charge is 0.488 e. The maximum absolute atomic E-state index is 5.93. The van der Waals surface area contributed by atoms with E-state index in [1.807, 2.05) is 12.1 Å². The lowest BCUT2D eigenvalue weighted by Crippen LogP contribution is -2.24. The van der Waals surface area contributed by atoms with Gasteiger partial charge in [0.1, 0.15) is 17.7 Å². The number of para-hydroxylation sites is 1. The molecule has 1 aromatic carbocycles. The summed E-state index contributed by atoms with van der Waals surface area (Å²) in [5.74, 6) is 2.01. The third-order valence-corrected chi connectivity index (χ3v) is 4.15. The molecule has 1 N–H and O–H groups in total. The number of anilines is 1. The van der Waals surface area contributed by atoms with Crippen molar-refractivity contribution in [3.05, 3.63) is 53.2 Å². The summed E-state index contributed by atoms with van der Waals surface area (Å²) in [6.45, 7) is 0.806. The fourth-order valence-corrected chi connectivity index (χ4v) is 3.11. The van der Waals surface area contributed by atoms with Crippen LogP contribution in [-0.4, -0.2) is 17.6 Å². The highest BCUT2D eigenvalue weighted by atomic mass is 16.5. The summed E-state index contributed by atoms with van der Waals surface area (Å²) in [4.78, 5) is 4.70. The van der Waals surface area contributed by atoms with Crippen molar-refractivity contribution in [3.63, 3.8) is 0 Å². The standard InChI is InChI=1S/C17H18N2O/c1-2-7-16-13(4-1)10-14(20-16)11-18-17-9-8-12-5-3-6-15(12)19-17/h1-2,4,7-9,14H,3,5-6,10-11H2,(H,18,19). The van der Waals surface area contributed by atoms with Crippen molar-refractivity contribution in [1.29, 1.82) is 0 Å². The number of fused-ring (bicyclic) bond motifs is 2. The Hall–Kier alpha value is -2.03. The number of nitrogens with one attached hydrogen (secondary N) is 1. The van der Waals surface area contributed by atoms with Crippen LogP contribution in [0.1, 0.15) is 23.2 Å². The average Bonchev–Trinajstić information content (AvgIpc) is 3.10. The topological polar surface area (TPSA) is 34.2 Å². The van der Waals surface area contributed by atoms with Crippen LogP contribution in [0, 0.1) is 0 Å². The second-order valence-electron chi connectivity index (χ2n) is 5.59. The third-order valence-electron chi connectivity index (χ3n) is 4.15. The predicted molar refractivity (Wildman–Crippen MR) is 79.3 cm³/mol. The maximum atomic E-state index is 5.93. The Balaban J connectivity index is 1.40. The van der Waals surface area contributed by atoms with Gasteiger partial charge in [-0.3, -0.25) is 0 Å². The van der Waals surface area contributed by atoms with Crippen molar-refractivity contribution in [2.45, 2.75) is 31.8 Å². The molecule has 0 amide bonds. The van der Waals surface area contributed by atoms with Crippen LogP contribution < -0.4 is 10.1 Å². The molecule has 20 heavy (non-hydrogen) atoms. The average molecular weight is 266 g/mol. The van der Waals surface area contributed by atoms with Gasteiger partial charge in [0, 0.05) is 12.1 Å². The van der Waals surface area contributed by atoms with Gasteiger partial charge in [0.25, 0.3) is 0 Å². The molecular formula is C17H18N2O. The van der Waals surface area contributed by atoms with E-state index in [9.17, 15) is 0 Å². The van der Waals surface area contributed by atoms with Gasteiger partial charge in [-0.25, -0.2) is 4.98 Å². The monoisotopic (exact) mass is 266 g/mol. The van der Waals surface area contributed by atoms with Gasteiger partial charge < -0.3 is 10.1 Å². The van der Waals surface area contributed by atoms with E-state index in [0.717, 1.165) is 31.0 Å². The Morgan fingerprint density at radius 3 is 3.00 bits per heavy atom. The number of benzene rings is 1. The van der Waals surface area contributed by atoms with E-state index < -0.39 is 0 Å². The lowest BCUT2D eigenvalue weighted by Gasteiger charge is -2.13. The van der Waals surface area contributed by atoms with Crippen LogP contribution in [0.2, 0.25) is 0 Å². The van der Waals surface area contributed by atoms with Gasteiger partial charge in [-0.15, -0.1) is 0 Å². The van der Waals surface area contributed by atoms with Gasteiger partial charge in [-0.2, -0.15) is 0 Å². The molecule has 2 heterocycles. The number of aryl methyl sites for hydroxylation is 2. The molecular weight excluding hydrogens is 248 g/mol. The Kier molecular flexibility index (Phi) is 2.84. The molecule has 0 bridgehead atoms. The van der Waals surface area contributed by atoms with E-state index in [2.05, 4.69) is 29.6 Å². The number of rotatable bonds is 3. The zero-order valence-corrected chi connectivity index (χ0v) is 11.4. The van der Waals surface area contributed by atoms with Crippen molar-refractivity contribution in [1.82, 2.24) is 4.98 Å². The fraction of sp³-hybridized carbons (Fsp3) is 0.353. The highest BCUT2D eigenvalue weighted by molar-refractivity contribution is 5.42. The molecule has 0 spiro atoms. The zero-order chi connectivity index (χ0) is 13.4. The molecule has 1 aromatic heterocycles. The number of hydrogen-bond donors (Lipinski definition) is 1. The smallest absolute Gasteiger partial charge is 0.126 e. The van der Waals surface area contributed by atoms with Gasteiger partial charge in [-0.1, -0.05) is 24.3 Å². The number of nitrogens with zero attached hydrogens (tertiary/aromatic N) is 1. The minimum Gasteiger partial charge on any atom is -0.488 e. The summed E-state index contributed by atoms with van der Waals surface area (Å²) in [6, 6.07) is 12.6. The summed E-state index contributed by atoms with van der Waals surface area (Å²) < 4.78 is 5.93. The first-order valence-corrected chi connectivity index (χ1v) is 7.36. The molecule has 3 nitrogen and oxygen atoms in total. The molecule has 1 aliphatic heterocycles. The van der Waals surface area contributed by atoms with Crippen LogP contribution >= 0.6 is 0 Å². The minimum absolute atomic E-state index is 0.211. The van der Waals surface area contributed by atoms with Gasteiger partial charge in [0.2, 0.25) is 0 Å². The SMILES string of the molecule is c1ccc2c(c1)CC(CNc1ccc3c(n1)CCC3)O2. The number of hydrogen-bond acceptors (Lipinski definition) is 3. The zero-order valence-electron chi connectivity index (χ0n) is 11.4. The van der Waals surface area contributed by atoms with E-state index in [-0.39, 0.29) is 6.10 Å². The van der Waals surface area contributed by atoms with Crippen LogP contribution in [0.15, 0.2) is 36.4 Å². The second kappa shape index (κ2) is 4.82. The first-order valence-electron chi connectivity index (χ1n) is 7.36. The van der Waals surface area contributed by atoms with E-state index in [4.69, 9.17) is 9.72 Å². The lowest BCUT2D eigenvalue weighted by atomic mass is 10.1. The number of aromatic nitrogens is 1. The summed E-state index contributed by atoms with van der Waals surface area (Å²) >= 11 is 0. The van der Waals surface area contributed by atoms with Gasteiger partial charge in [0.05, 0.1) is 6.54 Å². The van der Waals surface area contributed by atoms with Crippen LogP contribution in [-0.2, 0) is 19.3 Å². The van der Waals surface area contributed by atoms with Crippen LogP contribution in [0.4, 0.5) is 5.82 Å². The highest BCUT2D eigenvalue weighted by Gasteiger charge is 2.22. The Morgan fingerprint density at radius 2 is 2.05 bits per heavy atom. The highest BCUT2D eigenvalue weighted by Crippen LogP contribution is 2.28. The van der Waals surface area contributed by atoms with E-state index in [1.54, 1.807) is 0 Å². The summed E-state index contributed by atoms with van der Waals surface area (Å²) in [5, 5.41) is 3.42. The number of ether oxygens (including phenoxy) is 1. The lowest BCUT2D eigenvalue weighted by molar-refractivity contribution is 0.246. The molecule has 1 atom stereocenters. The molecule has 2 aromatic rings. The molecule has 4 rings (SSSR count). The fourth-order valence-electron chi connectivity index (χ4n) is 3.11. The van der Waals surface area contributed by atoms with Crippen molar-refractivity contribution < 1.29 is 4.74 Å². The van der Waals surface area contributed by atoms with Crippen LogP contribution in [0.25, 0.3) is 0 Å². The van der Waals surface area contributed by atoms with Crippen molar-refractivity contribution in [2.75, 3.05) is 11.9 Å². The van der Waals surface area contributed by atoms with Crippen molar-refractivity contribution >= 4 is 5.82 Å².